The molecule has 0 aromatic carbocycles. The van der Waals surface area contributed by atoms with E-state index in [1.165, 1.54) is 83.7 Å². The largest absolute Gasteiger partial charge is 0.330 e. The van der Waals surface area contributed by atoms with Gasteiger partial charge >= 0.3 is 0 Å². The van der Waals surface area contributed by atoms with E-state index in [9.17, 15) is 0 Å². The Labute approximate surface area is 109 Å². The molecule has 2 nitrogen and oxygen atoms in total. The Kier molecular flexibility index (Phi) is 15.8. The first-order valence-corrected chi connectivity index (χ1v) is 7.82. The highest BCUT2D eigenvalue weighted by Gasteiger charge is 1.93. The Morgan fingerprint density at radius 1 is 0.765 bits per heavy atom. The van der Waals surface area contributed by atoms with Gasteiger partial charge in [0.05, 0.1) is 0 Å². The maximum absolute atomic E-state index is 5.39. The van der Waals surface area contributed by atoms with Gasteiger partial charge in [-0.15, -0.1) is 0 Å². The molecule has 0 amide bonds. The van der Waals surface area contributed by atoms with Gasteiger partial charge in [0.2, 0.25) is 0 Å². The molecule has 0 aromatic heterocycles. The summed E-state index contributed by atoms with van der Waals surface area (Å²) >= 11 is 0. The molecule has 0 aromatic rings. The first-order chi connectivity index (χ1) is 8.41. The molecule has 2 heteroatoms. The zero-order chi connectivity index (χ0) is 12.6. The van der Waals surface area contributed by atoms with Crippen LogP contribution < -0.4 is 11.1 Å². The number of nitrogens with one attached hydrogen (secondary N) is 1. The SMILES string of the molecule is C1CCNCC1.CCCCCCCCCCN. The molecule has 3 N–H and O–H groups in total. The second kappa shape index (κ2) is 15.9. The molecular weight excluding hydrogens is 208 g/mol. The van der Waals surface area contributed by atoms with Crippen LogP contribution in [-0.2, 0) is 0 Å². The number of piperidine rings is 1. The van der Waals surface area contributed by atoms with Crippen molar-refractivity contribution in [1.29, 1.82) is 0 Å². The Bertz CT molecular complexity index is 103. The highest BCUT2D eigenvalue weighted by molar-refractivity contribution is 4.55. The third-order valence-corrected chi connectivity index (χ3v) is 3.26. The van der Waals surface area contributed by atoms with Crippen molar-refractivity contribution in [1.82, 2.24) is 5.32 Å². The summed E-state index contributed by atoms with van der Waals surface area (Å²) in [5.41, 5.74) is 5.39. The molecule has 104 valence electrons. The molecule has 17 heavy (non-hydrogen) atoms. The van der Waals surface area contributed by atoms with Crippen LogP contribution in [0.3, 0.4) is 0 Å². The standard InChI is InChI=1S/C10H23N.C5H11N/c1-2-3-4-5-6-7-8-9-10-11;1-2-4-6-5-3-1/h2-11H2,1H3;6H,1-5H2. The van der Waals surface area contributed by atoms with Gasteiger partial charge in [0, 0.05) is 0 Å². The van der Waals surface area contributed by atoms with E-state index in [-0.39, 0.29) is 0 Å². The molecule has 0 bridgehead atoms. The minimum absolute atomic E-state index is 0.870. The lowest BCUT2D eigenvalue weighted by molar-refractivity contribution is 0.520. The van der Waals surface area contributed by atoms with E-state index >= 15 is 0 Å². The van der Waals surface area contributed by atoms with Gasteiger partial charge in [0.15, 0.2) is 0 Å². The first-order valence-electron chi connectivity index (χ1n) is 7.82. The highest BCUT2D eigenvalue weighted by atomic mass is 14.9. The summed E-state index contributed by atoms with van der Waals surface area (Å²) in [5, 5.41) is 3.28. The van der Waals surface area contributed by atoms with Gasteiger partial charge in [0.1, 0.15) is 0 Å². The molecule has 0 aliphatic carbocycles. The monoisotopic (exact) mass is 242 g/mol. The van der Waals surface area contributed by atoms with E-state index < -0.39 is 0 Å². The fourth-order valence-corrected chi connectivity index (χ4v) is 2.08. The Morgan fingerprint density at radius 3 is 1.65 bits per heavy atom. The predicted octanol–water partition coefficient (Wildman–Crippen LogP) is 3.85. The van der Waals surface area contributed by atoms with Crippen LogP contribution >= 0.6 is 0 Å². The van der Waals surface area contributed by atoms with E-state index in [1.807, 2.05) is 0 Å². The molecule has 1 fully saturated rings. The Hall–Kier alpha value is -0.0800. The fourth-order valence-electron chi connectivity index (χ4n) is 2.08. The zero-order valence-corrected chi connectivity index (χ0v) is 12.0. The normalized spacial score (nSPS) is 15.2. The third kappa shape index (κ3) is 15.9. The molecule has 0 spiro atoms. The maximum atomic E-state index is 5.39. The Balaban J connectivity index is 0.000000354. The molecule has 1 aliphatic rings. The van der Waals surface area contributed by atoms with Gasteiger partial charge in [0.25, 0.3) is 0 Å². The summed E-state index contributed by atoms with van der Waals surface area (Å²) < 4.78 is 0. The second-order valence-electron chi connectivity index (χ2n) is 5.07. The lowest BCUT2D eigenvalue weighted by Crippen LogP contribution is -2.21. The van der Waals surface area contributed by atoms with Crippen molar-refractivity contribution in [2.75, 3.05) is 19.6 Å². The van der Waals surface area contributed by atoms with Crippen LogP contribution in [0, 0.1) is 0 Å². The summed E-state index contributed by atoms with van der Waals surface area (Å²) in [4.78, 5) is 0. The molecule has 1 saturated heterocycles. The van der Waals surface area contributed by atoms with E-state index in [0.717, 1.165) is 6.54 Å². The van der Waals surface area contributed by atoms with Crippen LogP contribution in [-0.4, -0.2) is 19.6 Å². The molecule has 1 rings (SSSR count). The van der Waals surface area contributed by atoms with Crippen LogP contribution in [0.1, 0.15) is 77.6 Å². The second-order valence-corrected chi connectivity index (χ2v) is 5.07. The van der Waals surface area contributed by atoms with Crippen molar-refractivity contribution in [2.24, 2.45) is 5.73 Å². The summed E-state index contributed by atoms with van der Waals surface area (Å²) in [6.45, 7) is 5.63. The minimum atomic E-state index is 0.870. The molecular formula is C15H34N2. The van der Waals surface area contributed by atoms with E-state index in [2.05, 4.69) is 12.2 Å². The summed E-state index contributed by atoms with van der Waals surface area (Å²) in [5.74, 6) is 0. The third-order valence-electron chi connectivity index (χ3n) is 3.26. The van der Waals surface area contributed by atoms with E-state index in [0.29, 0.717) is 0 Å². The summed E-state index contributed by atoms with van der Waals surface area (Å²) in [6, 6.07) is 0. The number of unbranched alkanes of at least 4 members (excludes halogenated alkanes) is 7. The molecule has 0 unspecified atom stereocenters. The lowest BCUT2D eigenvalue weighted by Gasteiger charge is -2.08. The lowest BCUT2D eigenvalue weighted by atomic mass is 10.1. The topological polar surface area (TPSA) is 38.0 Å². The van der Waals surface area contributed by atoms with Crippen LogP contribution in [0.4, 0.5) is 0 Å². The smallest absolute Gasteiger partial charge is 0.00489 e. The molecule has 0 atom stereocenters. The summed E-state index contributed by atoms with van der Waals surface area (Å²) in [6.07, 6.45) is 15.2. The average molecular weight is 242 g/mol. The molecule has 1 heterocycles. The van der Waals surface area contributed by atoms with Gasteiger partial charge in [-0.1, -0.05) is 58.3 Å². The zero-order valence-electron chi connectivity index (χ0n) is 12.0. The van der Waals surface area contributed by atoms with Crippen LogP contribution in [0.5, 0.6) is 0 Å². The predicted molar refractivity (Wildman–Crippen MR) is 78.4 cm³/mol. The van der Waals surface area contributed by atoms with E-state index in [4.69, 9.17) is 5.73 Å². The number of hydrogen-bond acceptors (Lipinski definition) is 2. The van der Waals surface area contributed by atoms with Gasteiger partial charge in [-0.05, 0) is 38.9 Å². The van der Waals surface area contributed by atoms with Crippen molar-refractivity contribution in [3.8, 4) is 0 Å². The van der Waals surface area contributed by atoms with Crippen LogP contribution in [0.2, 0.25) is 0 Å². The molecule has 0 radical (unpaired) electrons. The van der Waals surface area contributed by atoms with Gasteiger partial charge < -0.3 is 11.1 Å². The number of rotatable bonds is 8. The molecule has 0 saturated carbocycles. The van der Waals surface area contributed by atoms with Gasteiger partial charge in [-0.2, -0.15) is 0 Å². The minimum Gasteiger partial charge on any atom is -0.330 e. The number of hydrogen-bond donors (Lipinski definition) is 2. The maximum Gasteiger partial charge on any atom is -0.00489 e. The van der Waals surface area contributed by atoms with Crippen molar-refractivity contribution in [3.05, 3.63) is 0 Å². The quantitative estimate of drug-likeness (QED) is 0.635. The molecule has 1 aliphatic heterocycles. The fraction of sp³-hybridized carbons (Fsp3) is 1.00. The van der Waals surface area contributed by atoms with Crippen molar-refractivity contribution in [3.63, 3.8) is 0 Å². The highest BCUT2D eigenvalue weighted by Crippen LogP contribution is 2.07. The summed E-state index contributed by atoms with van der Waals surface area (Å²) in [7, 11) is 0. The van der Waals surface area contributed by atoms with Crippen LogP contribution in [0.15, 0.2) is 0 Å². The Morgan fingerprint density at radius 2 is 1.29 bits per heavy atom. The average Bonchev–Trinajstić information content (AvgIpc) is 2.41. The van der Waals surface area contributed by atoms with Crippen molar-refractivity contribution in [2.45, 2.75) is 77.6 Å². The van der Waals surface area contributed by atoms with Gasteiger partial charge in [-0.3, -0.25) is 0 Å². The number of nitrogens with two attached hydrogens (primary N) is 1. The van der Waals surface area contributed by atoms with E-state index in [1.54, 1.807) is 0 Å². The van der Waals surface area contributed by atoms with Crippen molar-refractivity contribution < 1.29 is 0 Å². The first kappa shape index (κ1) is 16.9. The van der Waals surface area contributed by atoms with Crippen molar-refractivity contribution >= 4 is 0 Å². The van der Waals surface area contributed by atoms with Gasteiger partial charge in [-0.25, -0.2) is 0 Å². The van der Waals surface area contributed by atoms with Crippen LogP contribution in [0.25, 0.3) is 0 Å².